The predicted molar refractivity (Wildman–Crippen MR) is 57.6 cm³/mol. The van der Waals surface area contributed by atoms with E-state index < -0.39 is 4.93 Å². The summed E-state index contributed by atoms with van der Waals surface area (Å²) in [6.07, 6.45) is 9.13. The maximum Gasteiger partial charge on any atom is 0.149 e. The summed E-state index contributed by atoms with van der Waals surface area (Å²) in [6, 6.07) is 0. The van der Waals surface area contributed by atoms with Gasteiger partial charge in [0.1, 0.15) is 4.93 Å². The third-order valence-corrected chi connectivity index (χ3v) is 5.35. The number of fused-ring (bicyclic) bond motifs is 1. The highest BCUT2D eigenvalue weighted by molar-refractivity contribution is 8.10. The molecule has 0 aromatic heterocycles. The van der Waals surface area contributed by atoms with E-state index in [1.165, 1.54) is 0 Å². The van der Waals surface area contributed by atoms with Crippen molar-refractivity contribution in [2.45, 2.75) is 36.9 Å². The molecule has 2 rings (SSSR count). The second kappa shape index (κ2) is 2.43. The summed E-state index contributed by atoms with van der Waals surface area (Å²) in [7, 11) is 0. The lowest BCUT2D eigenvalue weighted by Gasteiger charge is -2.33. The predicted octanol–water partition coefficient (Wildman–Crippen LogP) is 2.72. The van der Waals surface area contributed by atoms with Gasteiger partial charge in [0.25, 0.3) is 0 Å². The number of aliphatic hydroxyl groups is 1. The highest BCUT2D eigenvalue weighted by Gasteiger charge is 2.72. The highest BCUT2D eigenvalue weighted by Crippen LogP contribution is 2.72. The summed E-state index contributed by atoms with van der Waals surface area (Å²) < 4.78 is -0.0660. The molecule has 0 amide bonds. The molecule has 0 aromatic rings. The lowest BCUT2D eigenvalue weighted by Crippen LogP contribution is -2.38. The first-order valence-electron chi connectivity index (χ1n) is 4.77. The van der Waals surface area contributed by atoms with Crippen LogP contribution in [0.4, 0.5) is 0 Å². The fourth-order valence-electron chi connectivity index (χ4n) is 2.02. The van der Waals surface area contributed by atoms with Gasteiger partial charge in [-0.3, -0.25) is 0 Å². The van der Waals surface area contributed by atoms with E-state index in [1.807, 2.05) is 18.2 Å². The maximum absolute atomic E-state index is 10.2. The van der Waals surface area contributed by atoms with Crippen LogP contribution in [0.15, 0.2) is 24.3 Å². The fraction of sp³-hybridized carbons (Fsp3) is 0.636. The lowest BCUT2D eigenvalue weighted by atomic mass is 9.72. The maximum atomic E-state index is 10.2. The van der Waals surface area contributed by atoms with Crippen LogP contribution >= 0.6 is 11.8 Å². The topological polar surface area (TPSA) is 20.2 Å². The summed E-state index contributed by atoms with van der Waals surface area (Å²) in [4.78, 5) is -0.624. The lowest BCUT2D eigenvalue weighted by molar-refractivity contribution is 0.136. The molecule has 2 heteroatoms. The van der Waals surface area contributed by atoms with Gasteiger partial charge in [-0.05, 0) is 17.9 Å². The monoisotopic (exact) mass is 196 g/mol. The Bertz CT molecular complexity index is 292. The Morgan fingerprint density at radius 2 is 1.92 bits per heavy atom. The van der Waals surface area contributed by atoms with Crippen LogP contribution in [0.2, 0.25) is 0 Å². The molecule has 2 unspecified atom stereocenters. The molecule has 1 aliphatic carbocycles. The van der Waals surface area contributed by atoms with Gasteiger partial charge in [0.05, 0.1) is 4.75 Å². The van der Waals surface area contributed by atoms with Gasteiger partial charge in [-0.15, -0.1) is 11.8 Å². The molecule has 0 radical (unpaired) electrons. The van der Waals surface area contributed by atoms with Crippen molar-refractivity contribution in [2.75, 3.05) is 0 Å². The standard InChI is InChI=1S/C11H16OS/c1-4-9(2,3)10-7-5-6-8-11(10,12)13-10/h5-8,12H,4H2,1-3H3. The number of thioether (sulfide) groups is 1. The molecule has 2 aliphatic rings. The van der Waals surface area contributed by atoms with Crippen LogP contribution in [0.5, 0.6) is 0 Å². The third kappa shape index (κ3) is 0.990. The summed E-state index contributed by atoms with van der Waals surface area (Å²) >= 11 is 1.66. The van der Waals surface area contributed by atoms with Crippen molar-refractivity contribution in [1.82, 2.24) is 0 Å². The Hall–Kier alpha value is -0.210. The molecule has 1 heterocycles. The quantitative estimate of drug-likeness (QED) is 0.685. The summed E-state index contributed by atoms with van der Waals surface area (Å²) in [5.74, 6) is 0. The molecule has 1 N–H and O–H groups in total. The van der Waals surface area contributed by atoms with E-state index in [1.54, 1.807) is 11.8 Å². The minimum atomic E-state index is -0.624. The zero-order chi connectivity index (χ0) is 9.74. The van der Waals surface area contributed by atoms with E-state index >= 15 is 0 Å². The van der Waals surface area contributed by atoms with Gasteiger partial charge in [-0.25, -0.2) is 0 Å². The average Bonchev–Trinajstić information content (AvgIpc) is 2.73. The van der Waals surface area contributed by atoms with Crippen molar-refractivity contribution >= 4 is 11.8 Å². The van der Waals surface area contributed by atoms with Crippen molar-refractivity contribution in [3.8, 4) is 0 Å². The number of rotatable bonds is 2. The molecule has 0 aromatic carbocycles. The largest absolute Gasteiger partial charge is 0.374 e. The van der Waals surface area contributed by atoms with Crippen LogP contribution in [-0.4, -0.2) is 14.8 Å². The molecule has 1 saturated heterocycles. The first-order chi connectivity index (χ1) is 5.97. The molecule has 1 nitrogen and oxygen atoms in total. The summed E-state index contributed by atoms with van der Waals surface area (Å²) in [6.45, 7) is 6.63. The molecule has 72 valence electrons. The van der Waals surface area contributed by atoms with Crippen LogP contribution in [0.1, 0.15) is 27.2 Å². The van der Waals surface area contributed by atoms with Gasteiger partial charge in [-0.1, -0.05) is 39.0 Å². The molecule has 0 spiro atoms. The normalized spacial score (nSPS) is 41.8. The van der Waals surface area contributed by atoms with Crippen molar-refractivity contribution in [1.29, 1.82) is 0 Å². The zero-order valence-electron chi connectivity index (χ0n) is 8.37. The van der Waals surface area contributed by atoms with Crippen molar-refractivity contribution in [3.05, 3.63) is 24.3 Å². The SMILES string of the molecule is CCC(C)(C)C12C=CC=CC1(O)S2. The smallest absolute Gasteiger partial charge is 0.149 e. The second-order valence-corrected chi connectivity index (χ2v) is 5.96. The van der Waals surface area contributed by atoms with E-state index in [4.69, 9.17) is 0 Å². The van der Waals surface area contributed by atoms with E-state index in [9.17, 15) is 5.11 Å². The molecule has 0 saturated carbocycles. The van der Waals surface area contributed by atoms with Gasteiger partial charge in [0, 0.05) is 0 Å². The Balaban J connectivity index is 2.36. The number of allylic oxidation sites excluding steroid dienone is 2. The first kappa shape index (κ1) is 9.35. The Morgan fingerprint density at radius 1 is 1.31 bits per heavy atom. The fourth-order valence-corrected chi connectivity index (χ4v) is 3.59. The van der Waals surface area contributed by atoms with Gasteiger partial charge in [-0.2, -0.15) is 0 Å². The third-order valence-electron chi connectivity index (χ3n) is 3.46. The van der Waals surface area contributed by atoms with Gasteiger partial charge < -0.3 is 5.11 Å². The van der Waals surface area contributed by atoms with E-state index in [0.717, 1.165) is 6.42 Å². The average molecular weight is 196 g/mol. The molecule has 1 fully saturated rings. The minimum absolute atomic E-state index is 0.0660. The number of hydrogen-bond acceptors (Lipinski definition) is 2. The number of hydrogen-bond donors (Lipinski definition) is 1. The molecule has 1 aliphatic heterocycles. The van der Waals surface area contributed by atoms with Gasteiger partial charge in [0.2, 0.25) is 0 Å². The van der Waals surface area contributed by atoms with Crippen molar-refractivity contribution < 1.29 is 5.11 Å². The van der Waals surface area contributed by atoms with Crippen LogP contribution in [0.25, 0.3) is 0 Å². The van der Waals surface area contributed by atoms with Crippen LogP contribution in [0, 0.1) is 5.41 Å². The summed E-state index contributed by atoms with van der Waals surface area (Å²) in [5.41, 5.74) is 0.160. The molecule has 2 atom stereocenters. The zero-order valence-corrected chi connectivity index (χ0v) is 9.19. The van der Waals surface area contributed by atoms with Gasteiger partial charge in [0.15, 0.2) is 0 Å². The Labute approximate surface area is 83.9 Å². The molecular formula is C11H16OS. The van der Waals surface area contributed by atoms with Crippen LogP contribution in [-0.2, 0) is 0 Å². The van der Waals surface area contributed by atoms with E-state index in [-0.39, 0.29) is 10.2 Å². The molecule has 13 heavy (non-hydrogen) atoms. The van der Waals surface area contributed by atoms with Crippen LogP contribution in [0.3, 0.4) is 0 Å². The second-order valence-electron chi connectivity index (χ2n) is 4.49. The van der Waals surface area contributed by atoms with Crippen molar-refractivity contribution in [3.63, 3.8) is 0 Å². The Morgan fingerprint density at radius 3 is 2.46 bits per heavy atom. The molecule has 0 bridgehead atoms. The highest BCUT2D eigenvalue weighted by atomic mass is 32.2. The van der Waals surface area contributed by atoms with Crippen molar-refractivity contribution in [2.24, 2.45) is 5.41 Å². The van der Waals surface area contributed by atoms with E-state index in [2.05, 4.69) is 26.8 Å². The first-order valence-corrected chi connectivity index (χ1v) is 5.59. The Kier molecular flexibility index (Phi) is 1.74. The molecular weight excluding hydrogens is 180 g/mol. The minimum Gasteiger partial charge on any atom is -0.374 e. The van der Waals surface area contributed by atoms with Crippen LogP contribution < -0.4 is 0 Å². The van der Waals surface area contributed by atoms with Gasteiger partial charge >= 0.3 is 0 Å². The summed E-state index contributed by atoms with van der Waals surface area (Å²) in [5, 5.41) is 10.2. The van der Waals surface area contributed by atoms with E-state index in [0.29, 0.717) is 0 Å².